The number of rotatable bonds is 6. The lowest BCUT2D eigenvalue weighted by Crippen LogP contribution is -2.51. The molecule has 0 saturated carbocycles. The van der Waals surface area contributed by atoms with Crippen LogP contribution in [0.5, 0.6) is 0 Å². The molecule has 1 unspecified atom stereocenters. The molecule has 0 saturated heterocycles. The number of nitrogens with one attached hydrogen (secondary N) is 2. The Labute approximate surface area is 127 Å². The van der Waals surface area contributed by atoms with Crippen molar-refractivity contribution < 1.29 is 14.7 Å². The van der Waals surface area contributed by atoms with Crippen molar-refractivity contribution >= 4 is 40.8 Å². The first kappa shape index (κ1) is 16.8. The molecule has 1 amide bonds. The highest BCUT2D eigenvalue weighted by Crippen LogP contribution is 2.29. The summed E-state index contributed by atoms with van der Waals surface area (Å²) in [6.45, 7) is 3.11. The molecule has 1 aromatic rings. The zero-order chi connectivity index (χ0) is 15.3. The van der Waals surface area contributed by atoms with E-state index >= 15 is 0 Å². The number of benzene rings is 1. The highest BCUT2D eigenvalue weighted by atomic mass is 35.5. The maximum Gasteiger partial charge on any atom is 0.323 e. The van der Waals surface area contributed by atoms with Crippen LogP contribution in [0.4, 0.5) is 5.69 Å². The van der Waals surface area contributed by atoms with Crippen LogP contribution in [0.2, 0.25) is 10.0 Å². The second kappa shape index (κ2) is 6.92. The molecule has 3 N–H and O–H groups in total. The van der Waals surface area contributed by atoms with Gasteiger partial charge in [-0.3, -0.25) is 14.9 Å². The van der Waals surface area contributed by atoms with Crippen molar-refractivity contribution in [3.05, 3.63) is 28.2 Å². The number of carboxylic acid groups (broad SMARTS) is 1. The van der Waals surface area contributed by atoms with Gasteiger partial charge in [0.2, 0.25) is 5.91 Å². The summed E-state index contributed by atoms with van der Waals surface area (Å²) in [5, 5.41) is 15.0. The number of amides is 1. The Kier molecular flexibility index (Phi) is 5.80. The summed E-state index contributed by atoms with van der Waals surface area (Å²) in [6.07, 6.45) is 0.355. The topological polar surface area (TPSA) is 78.4 Å². The molecule has 0 radical (unpaired) electrons. The normalized spacial score (nSPS) is 13.6. The van der Waals surface area contributed by atoms with Gasteiger partial charge in [-0.2, -0.15) is 0 Å². The predicted octanol–water partition coefficient (Wildman–Crippen LogP) is 2.77. The summed E-state index contributed by atoms with van der Waals surface area (Å²) in [5.74, 6) is -1.40. The van der Waals surface area contributed by atoms with Crippen LogP contribution in [0, 0.1) is 0 Å². The zero-order valence-electron chi connectivity index (χ0n) is 11.2. The summed E-state index contributed by atoms with van der Waals surface area (Å²) < 4.78 is 0. The fraction of sp³-hybridized carbons (Fsp3) is 0.385. The summed E-state index contributed by atoms with van der Waals surface area (Å²) in [4.78, 5) is 22.9. The number of halogens is 2. The van der Waals surface area contributed by atoms with Crippen molar-refractivity contribution in [2.45, 2.75) is 25.8 Å². The predicted molar refractivity (Wildman–Crippen MR) is 79.4 cm³/mol. The maximum atomic E-state index is 11.8. The van der Waals surface area contributed by atoms with Crippen LogP contribution in [0.1, 0.15) is 20.3 Å². The molecule has 0 fully saturated rings. The highest BCUT2D eigenvalue weighted by Gasteiger charge is 2.30. The van der Waals surface area contributed by atoms with Gasteiger partial charge in [-0.25, -0.2) is 0 Å². The van der Waals surface area contributed by atoms with E-state index in [0.29, 0.717) is 17.1 Å². The molecule has 20 heavy (non-hydrogen) atoms. The fourth-order valence-corrected chi connectivity index (χ4v) is 1.77. The Morgan fingerprint density at radius 3 is 2.55 bits per heavy atom. The Balaban J connectivity index is 2.65. The van der Waals surface area contributed by atoms with Crippen LogP contribution in [0.25, 0.3) is 0 Å². The molecule has 110 valence electrons. The van der Waals surface area contributed by atoms with Crippen molar-refractivity contribution in [2.75, 3.05) is 11.9 Å². The molecule has 7 heteroatoms. The molecule has 0 aromatic heterocycles. The van der Waals surface area contributed by atoms with Crippen molar-refractivity contribution in [1.29, 1.82) is 0 Å². The van der Waals surface area contributed by atoms with Gasteiger partial charge in [0.05, 0.1) is 22.3 Å². The molecule has 0 aliphatic rings. The van der Waals surface area contributed by atoms with Crippen molar-refractivity contribution in [2.24, 2.45) is 0 Å². The SMILES string of the molecule is CCC(C)(NCC(=O)Nc1cccc(Cl)c1Cl)C(=O)O. The third-order valence-electron chi connectivity index (χ3n) is 3.04. The first-order valence-corrected chi connectivity index (χ1v) is 6.78. The van der Waals surface area contributed by atoms with E-state index < -0.39 is 17.4 Å². The lowest BCUT2D eigenvalue weighted by Gasteiger charge is -2.24. The quantitative estimate of drug-likeness (QED) is 0.753. The van der Waals surface area contributed by atoms with Crippen LogP contribution in [-0.2, 0) is 9.59 Å². The summed E-state index contributed by atoms with van der Waals surface area (Å²) >= 11 is 11.8. The monoisotopic (exact) mass is 318 g/mol. The lowest BCUT2D eigenvalue weighted by atomic mass is 9.99. The van der Waals surface area contributed by atoms with E-state index in [1.165, 1.54) is 6.92 Å². The standard InChI is InChI=1S/C13H16Cl2N2O3/c1-3-13(2,12(19)20)16-7-10(18)17-9-6-4-5-8(14)11(9)15/h4-6,16H,3,7H2,1-2H3,(H,17,18)(H,19,20). The van der Waals surface area contributed by atoms with Crippen molar-refractivity contribution in [1.82, 2.24) is 5.32 Å². The second-order valence-corrected chi connectivity index (χ2v) is 5.28. The summed E-state index contributed by atoms with van der Waals surface area (Å²) in [7, 11) is 0. The maximum absolute atomic E-state index is 11.8. The molecule has 0 aliphatic carbocycles. The molecule has 0 spiro atoms. The van der Waals surface area contributed by atoms with E-state index in [2.05, 4.69) is 10.6 Å². The molecule has 1 rings (SSSR count). The van der Waals surface area contributed by atoms with Crippen LogP contribution in [0.3, 0.4) is 0 Å². The molecule has 0 heterocycles. The average Bonchev–Trinajstić information content (AvgIpc) is 2.41. The van der Waals surface area contributed by atoms with Gasteiger partial charge in [0.1, 0.15) is 5.54 Å². The molecule has 5 nitrogen and oxygen atoms in total. The minimum Gasteiger partial charge on any atom is -0.480 e. The smallest absolute Gasteiger partial charge is 0.323 e. The minimum atomic E-state index is -1.14. The largest absolute Gasteiger partial charge is 0.480 e. The van der Waals surface area contributed by atoms with Crippen LogP contribution in [-0.4, -0.2) is 29.1 Å². The number of hydrogen-bond donors (Lipinski definition) is 3. The van der Waals surface area contributed by atoms with Gasteiger partial charge in [-0.1, -0.05) is 36.2 Å². The van der Waals surface area contributed by atoms with Gasteiger partial charge >= 0.3 is 5.97 Å². The van der Waals surface area contributed by atoms with Crippen LogP contribution < -0.4 is 10.6 Å². The van der Waals surface area contributed by atoms with Crippen molar-refractivity contribution in [3.8, 4) is 0 Å². The molecule has 0 aliphatic heterocycles. The fourth-order valence-electron chi connectivity index (χ4n) is 1.42. The Hall–Kier alpha value is -1.30. The van der Waals surface area contributed by atoms with E-state index in [1.54, 1.807) is 25.1 Å². The molecule has 0 bridgehead atoms. The lowest BCUT2D eigenvalue weighted by molar-refractivity contribution is -0.144. The third-order valence-corrected chi connectivity index (χ3v) is 3.86. The van der Waals surface area contributed by atoms with Gasteiger partial charge in [0.25, 0.3) is 0 Å². The molecular formula is C13H16Cl2N2O3. The summed E-state index contributed by atoms with van der Waals surface area (Å²) in [5.41, 5.74) is -0.755. The number of anilines is 1. The van der Waals surface area contributed by atoms with Gasteiger partial charge in [-0.05, 0) is 25.5 Å². The van der Waals surface area contributed by atoms with Gasteiger partial charge in [0.15, 0.2) is 0 Å². The summed E-state index contributed by atoms with van der Waals surface area (Å²) in [6, 6.07) is 4.88. The number of aliphatic carboxylic acids is 1. The van der Waals surface area contributed by atoms with E-state index in [-0.39, 0.29) is 11.6 Å². The van der Waals surface area contributed by atoms with Gasteiger partial charge < -0.3 is 10.4 Å². The number of carbonyl (C=O) groups excluding carboxylic acids is 1. The molecule has 1 aromatic carbocycles. The second-order valence-electron chi connectivity index (χ2n) is 4.49. The van der Waals surface area contributed by atoms with E-state index in [9.17, 15) is 9.59 Å². The van der Waals surface area contributed by atoms with E-state index in [0.717, 1.165) is 0 Å². The van der Waals surface area contributed by atoms with E-state index in [1.807, 2.05) is 0 Å². The number of carbonyl (C=O) groups is 2. The zero-order valence-corrected chi connectivity index (χ0v) is 12.7. The first-order valence-electron chi connectivity index (χ1n) is 6.02. The average molecular weight is 319 g/mol. The minimum absolute atomic E-state index is 0.139. The van der Waals surface area contributed by atoms with Gasteiger partial charge in [-0.15, -0.1) is 0 Å². The van der Waals surface area contributed by atoms with E-state index in [4.69, 9.17) is 28.3 Å². The van der Waals surface area contributed by atoms with Gasteiger partial charge in [0, 0.05) is 0 Å². The van der Waals surface area contributed by atoms with Crippen LogP contribution in [0.15, 0.2) is 18.2 Å². The first-order chi connectivity index (χ1) is 9.30. The highest BCUT2D eigenvalue weighted by molar-refractivity contribution is 6.43. The number of carboxylic acids is 1. The molecule has 1 atom stereocenters. The van der Waals surface area contributed by atoms with Crippen LogP contribution >= 0.6 is 23.2 Å². The Morgan fingerprint density at radius 1 is 1.35 bits per heavy atom. The van der Waals surface area contributed by atoms with Crippen molar-refractivity contribution in [3.63, 3.8) is 0 Å². The Morgan fingerprint density at radius 2 is 2.00 bits per heavy atom. The Bertz CT molecular complexity index is 522. The molecular weight excluding hydrogens is 303 g/mol. The third kappa shape index (κ3) is 4.10. The number of hydrogen-bond acceptors (Lipinski definition) is 3.